The Morgan fingerprint density at radius 1 is 1.00 bits per heavy atom. The van der Waals surface area contributed by atoms with Gasteiger partial charge in [-0.25, -0.2) is 0 Å². The van der Waals surface area contributed by atoms with Crippen molar-refractivity contribution in [2.75, 3.05) is 26.2 Å². The summed E-state index contributed by atoms with van der Waals surface area (Å²) in [5, 5.41) is 3.35. The maximum atomic E-state index is 6.13. The summed E-state index contributed by atoms with van der Waals surface area (Å²) in [6.45, 7) is 4.46. The molecule has 3 rings (SSSR count). The van der Waals surface area contributed by atoms with Crippen molar-refractivity contribution >= 4 is 29.9 Å². The van der Waals surface area contributed by atoms with Crippen molar-refractivity contribution in [3.8, 4) is 0 Å². The van der Waals surface area contributed by atoms with Crippen molar-refractivity contribution in [2.45, 2.75) is 76.2 Å². The van der Waals surface area contributed by atoms with Crippen LogP contribution < -0.4 is 11.1 Å². The quantitative estimate of drug-likeness (QED) is 0.396. The van der Waals surface area contributed by atoms with Gasteiger partial charge in [0, 0.05) is 12.1 Å². The van der Waals surface area contributed by atoms with Crippen LogP contribution in [0.2, 0.25) is 0 Å². The maximum Gasteiger partial charge on any atom is 0.188 e. The lowest BCUT2D eigenvalue weighted by Gasteiger charge is -2.47. The molecule has 23 heavy (non-hydrogen) atoms. The van der Waals surface area contributed by atoms with Gasteiger partial charge in [-0.1, -0.05) is 32.1 Å². The van der Waals surface area contributed by atoms with E-state index >= 15 is 0 Å². The topological polar surface area (TPSA) is 53.6 Å². The summed E-state index contributed by atoms with van der Waals surface area (Å²) in [5.74, 6) is 1.51. The standard InChI is InChI=1S/C18H34N4.HI/c19-17(20-14-16-8-7-9-16)21-15-18(10-3-1-4-11-18)22-12-5-2-6-13-22;/h16H,1-15H2,(H3,19,20,21);1H. The zero-order valence-corrected chi connectivity index (χ0v) is 16.9. The van der Waals surface area contributed by atoms with E-state index in [4.69, 9.17) is 10.7 Å². The average molecular weight is 434 g/mol. The largest absolute Gasteiger partial charge is 0.370 e. The van der Waals surface area contributed by atoms with E-state index in [1.165, 1.54) is 83.7 Å². The number of nitrogens with one attached hydrogen (secondary N) is 1. The van der Waals surface area contributed by atoms with Crippen LogP contribution in [0.3, 0.4) is 0 Å². The molecule has 3 fully saturated rings. The maximum absolute atomic E-state index is 6.13. The van der Waals surface area contributed by atoms with Crippen molar-refractivity contribution < 1.29 is 0 Å². The van der Waals surface area contributed by atoms with Gasteiger partial charge in [0.05, 0.1) is 6.54 Å². The van der Waals surface area contributed by atoms with Crippen LogP contribution in [0, 0.1) is 5.92 Å². The van der Waals surface area contributed by atoms with Gasteiger partial charge in [0.15, 0.2) is 5.96 Å². The summed E-state index contributed by atoms with van der Waals surface area (Å²) < 4.78 is 0. The first-order chi connectivity index (χ1) is 10.8. The Balaban J connectivity index is 0.00000192. The van der Waals surface area contributed by atoms with Crippen LogP contribution in [-0.2, 0) is 0 Å². The van der Waals surface area contributed by atoms with E-state index in [9.17, 15) is 0 Å². The Hall–Kier alpha value is -0.0400. The lowest BCUT2D eigenvalue weighted by Crippen LogP contribution is -2.54. The van der Waals surface area contributed by atoms with Crippen molar-refractivity contribution in [3.63, 3.8) is 0 Å². The van der Waals surface area contributed by atoms with Gasteiger partial charge in [0.1, 0.15) is 0 Å². The molecule has 2 aliphatic carbocycles. The highest BCUT2D eigenvalue weighted by molar-refractivity contribution is 14.0. The molecule has 134 valence electrons. The zero-order chi connectivity index (χ0) is 15.3. The Bertz CT molecular complexity index is 369. The van der Waals surface area contributed by atoms with Crippen LogP contribution in [0.5, 0.6) is 0 Å². The molecule has 0 bridgehead atoms. The summed E-state index contributed by atoms with van der Waals surface area (Å²) in [5.41, 5.74) is 6.43. The number of rotatable bonds is 5. The molecule has 1 saturated heterocycles. The summed E-state index contributed by atoms with van der Waals surface area (Å²) in [6, 6.07) is 0. The molecule has 0 aromatic rings. The summed E-state index contributed by atoms with van der Waals surface area (Å²) in [4.78, 5) is 7.52. The summed E-state index contributed by atoms with van der Waals surface area (Å²) in [7, 11) is 0. The minimum Gasteiger partial charge on any atom is -0.370 e. The van der Waals surface area contributed by atoms with Gasteiger partial charge in [-0.15, -0.1) is 24.0 Å². The van der Waals surface area contributed by atoms with Gasteiger partial charge in [-0.2, -0.15) is 0 Å². The van der Waals surface area contributed by atoms with Crippen LogP contribution in [0.25, 0.3) is 0 Å². The molecule has 2 saturated carbocycles. The fraction of sp³-hybridized carbons (Fsp3) is 0.944. The van der Waals surface area contributed by atoms with Gasteiger partial charge in [-0.05, 0) is 57.5 Å². The first kappa shape index (κ1) is 19.3. The molecule has 0 atom stereocenters. The van der Waals surface area contributed by atoms with Crippen LogP contribution in [0.15, 0.2) is 4.99 Å². The summed E-state index contributed by atoms with van der Waals surface area (Å²) >= 11 is 0. The van der Waals surface area contributed by atoms with Crippen LogP contribution in [0.4, 0.5) is 0 Å². The highest BCUT2D eigenvalue weighted by atomic mass is 127. The van der Waals surface area contributed by atoms with Crippen LogP contribution in [-0.4, -0.2) is 42.6 Å². The first-order valence-electron chi connectivity index (χ1n) is 9.57. The number of nitrogens with two attached hydrogens (primary N) is 1. The van der Waals surface area contributed by atoms with E-state index < -0.39 is 0 Å². The molecule has 0 amide bonds. The number of likely N-dealkylation sites (tertiary alicyclic amines) is 1. The normalized spacial score (nSPS) is 26.2. The molecule has 0 unspecified atom stereocenters. The second-order valence-corrected chi connectivity index (χ2v) is 7.71. The molecule has 0 aromatic heterocycles. The Morgan fingerprint density at radius 3 is 2.26 bits per heavy atom. The Morgan fingerprint density at radius 2 is 1.65 bits per heavy atom. The van der Waals surface area contributed by atoms with E-state index in [1.54, 1.807) is 0 Å². The molecule has 3 aliphatic rings. The van der Waals surface area contributed by atoms with Gasteiger partial charge >= 0.3 is 0 Å². The van der Waals surface area contributed by atoms with E-state index in [0.29, 0.717) is 11.5 Å². The molecule has 0 aromatic carbocycles. The molecule has 4 nitrogen and oxygen atoms in total. The summed E-state index contributed by atoms with van der Waals surface area (Å²) in [6.07, 6.45) is 15.0. The molecular formula is C18H35IN4. The fourth-order valence-corrected chi connectivity index (χ4v) is 4.39. The van der Waals surface area contributed by atoms with Crippen LogP contribution in [0.1, 0.15) is 70.6 Å². The third kappa shape index (κ3) is 5.21. The van der Waals surface area contributed by atoms with E-state index in [1.807, 2.05) is 0 Å². The van der Waals surface area contributed by atoms with Crippen molar-refractivity contribution in [1.29, 1.82) is 0 Å². The number of guanidine groups is 1. The second-order valence-electron chi connectivity index (χ2n) is 7.71. The highest BCUT2D eigenvalue weighted by Gasteiger charge is 2.38. The predicted octanol–water partition coefficient (Wildman–Crippen LogP) is 3.50. The molecule has 5 heteroatoms. The lowest BCUT2D eigenvalue weighted by atomic mass is 9.79. The lowest BCUT2D eigenvalue weighted by molar-refractivity contribution is 0.0407. The number of aliphatic imine (C=N–C) groups is 1. The number of hydrogen-bond donors (Lipinski definition) is 2. The Labute approximate surface area is 159 Å². The van der Waals surface area contributed by atoms with Gasteiger partial charge in [-0.3, -0.25) is 9.89 Å². The number of halogens is 1. The molecule has 0 radical (unpaired) electrons. The third-order valence-corrected chi connectivity index (χ3v) is 6.15. The SMILES string of the molecule is I.NC(=NCC1(N2CCCCC2)CCCCC1)NCC1CCC1. The molecule has 1 heterocycles. The van der Waals surface area contributed by atoms with Gasteiger partial charge in [0.25, 0.3) is 0 Å². The van der Waals surface area contributed by atoms with Crippen molar-refractivity contribution in [1.82, 2.24) is 10.2 Å². The molecule has 3 N–H and O–H groups in total. The molecule has 1 aliphatic heterocycles. The van der Waals surface area contributed by atoms with Crippen molar-refractivity contribution in [3.05, 3.63) is 0 Å². The Kier molecular flexibility index (Phi) is 7.92. The third-order valence-electron chi connectivity index (χ3n) is 6.15. The predicted molar refractivity (Wildman–Crippen MR) is 108 cm³/mol. The van der Waals surface area contributed by atoms with Crippen molar-refractivity contribution in [2.24, 2.45) is 16.6 Å². The smallest absolute Gasteiger partial charge is 0.188 e. The zero-order valence-electron chi connectivity index (χ0n) is 14.6. The van der Waals surface area contributed by atoms with Gasteiger partial charge < -0.3 is 11.1 Å². The minimum absolute atomic E-state index is 0. The number of nitrogens with zero attached hydrogens (tertiary/aromatic N) is 2. The number of piperidine rings is 1. The highest BCUT2D eigenvalue weighted by Crippen LogP contribution is 2.35. The van der Waals surface area contributed by atoms with Crippen LogP contribution >= 0.6 is 24.0 Å². The van der Waals surface area contributed by atoms with E-state index in [2.05, 4.69) is 10.2 Å². The van der Waals surface area contributed by atoms with E-state index in [-0.39, 0.29) is 24.0 Å². The fourth-order valence-electron chi connectivity index (χ4n) is 4.39. The first-order valence-corrected chi connectivity index (χ1v) is 9.57. The van der Waals surface area contributed by atoms with E-state index in [0.717, 1.165) is 19.0 Å². The molecule has 0 spiro atoms. The van der Waals surface area contributed by atoms with Gasteiger partial charge in [0.2, 0.25) is 0 Å². The minimum atomic E-state index is 0. The number of hydrogen-bond acceptors (Lipinski definition) is 2. The molecular weight excluding hydrogens is 399 g/mol. The average Bonchev–Trinajstić information content (AvgIpc) is 2.53. The second kappa shape index (κ2) is 9.44. The monoisotopic (exact) mass is 434 g/mol.